The van der Waals surface area contributed by atoms with Crippen LogP contribution in [0, 0.1) is 5.82 Å². The molecular weight excluding hydrogens is 421 g/mol. The Morgan fingerprint density at radius 2 is 1.56 bits per heavy atom. The molecular formula is C26H28FNO3Si. The molecule has 0 aliphatic carbocycles. The molecule has 0 aliphatic rings. The van der Waals surface area contributed by atoms with E-state index in [1.807, 2.05) is 36.4 Å². The maximum absolute atomic E-state index is 13.4. The molecule has 3 rings (SSSR count). The number of carbonyl (C=O) groups is 1. The summed E-state index contributed by atoms with van der Waals surface area (Å²) in [4.78, 5) is 35.5. The van der Waals surface area contributed by atoms with Gasteiger partial charge in [0.25, 0.3) is 5.91 Å². The van der Waals surface area contributed by atoms with Gasteiger partial charge >= 0.3 is 8.56 Å². The van der Waals surface area contributed by atoms with Gasteiger partial charge < -0.3 is 14.5 Å². The SMILES string of the molecule is CC(C)[Si](O)(O)C=Cc1cccc(C(=O)N(Cc2ccccc2)Cc2ccc(F)cc2)c1. The Morgan fingerprint density at radius 3 is 2.19 bits per heavy atom. The summed E-state index contributed by atoms with van der Waals surface area (Å²) in [5.41, 5.74) is 4.27. The van der Waals surface area contributed by atoms with E-state index in [0.29, 0.717) is 18.7 Å². The Kier molecular flexibility index (Phi) is 7.74. The van der Waals surface area contributed by atoms with E-state index in [2.05, 4.69) is 0 Å². The van der Waals surface area contributed by atoms with E-state index in [1.165, 1.54) is 17.8 Å². The van der Waals surface area contributed by atoms with Crippen LogP contribution in [0.15, 0.2) is 84.6 Å². The second kappa shape index (κ2) is 10.5. The monoisotopic (exact) mass is 449 g/mol. The van der Waals surface area contributed by atoms with Crippen LogP contribution in [0.1, 0.15) is 40.9 Å². The van der Waals surface area contributed by atoms with Gasteiger partial charge in [-0.25, -0.2) is 4.39 Å². The van der Waals surface area contributed by atoms with Crippen molar-refractivity contribution in [1.29, 1.82) is 0 Å². The van der Waals surface area contributed by atoms with Crippen molar-refractivity contribution in [3.8, 4) is 0 Å². The van der Waals surface area contributed by atoms with E-state index in [-0.39, 0.29) is 17.3 Å². The van der Waals surface area contributed by atoms with Crippen LogP contribution in [-0.2, 0) is 13.1 Å². The van der Waals surface area contributed by atoms with Crippen molar-refractivity contribution in [3.05, 3.63) is 113 Å². The zero-order valence-electron chi connectivity index (χ0n) is 18.3. The van der Waals surface area contributed by atoms with Crippen molar-refractivity contribution in [1.82, 2.24) is 4.90 Å². The van der Waals surface area contributed by atoms with Crippen molar-refractivity contribution < 1.29 is 18.8 Å². The molecule has 32 heavy (non-hydrogen) atoms. The molecule has 0 radical (unpaired) electrons. The van der Waals surface area contributed by atoms with Gasteiger partial charge in [0.05, 0.1) is 0 Å². The van der Waals surface area contributed by atoms with Crippen LogP contribution in [0.3, 0.4) is 0 Å². The minimum Gasteiger partial charge on any atom is -0.408 e. The summed E-state index contributed by atoms with van der Waals surface area (Å²) < 4.78 is 13.3. The van der Waals surface area contributed by atoms with Gasteiger partial charge in [-0.15, -0.1) is 0 Å². The van der Waals surface area contributed by atoms with Crippen molar-refractivity contribution in [2.24, 2.45) is 0 Å². The summed E-state index contributed by atoms with van der Waals surface area (Å²) in [6.45, 7) is 4.29. The second-order valence-corrected chi connectivity index (χ2v) is 11.2. The van der Waals surface area contributed by atoms with Gasteiger partial charge in [0.2, 0.25) is 0 Å². The van der Waals surface area contributed by atoms with E-state index >= 15 is 0 Å². The summed E-state index contributed by atoms with van der Waals surface area (Å²) in [5.74, 6) is -0.475. The zero-order valence-corrected chi connectivity index (χ0v) is 19.3. The van der Waals surface area contributed by atoms with Crippen LogP contribution in [0.25, 0.3) is 6.08 Å². The molecule has 3 aromatic rings. The lowest BCUT2D eigenvalue weighted by Gasteiger charge is -2.23. The van der Waals surface area contributed by atoms with E-state index in [0.717, 1.165) is 16.7 Å². The molecule has 0 aromatic heterocycles. The lowest BCUT2D eigenvalue weighted by molar-refractivity contribution is 0.0730. The van der Waals surface area contributed by atoms with Crippen LogP contribution in [0.2, 0.25) is 5.54 Å². The number of benzene rings is 3. The van der Waals surface area contributed by atoms with E-state index in [4.69, 9.17) is 0 Å². The standard InChI is InChI=1S/C26H28FNO3Si/c1-20(2)32(30,31)16-15-21-9-6-10-24(17-21)26(29)28(18-22-7-4-3-5-8-22)19-23-11-13-25(27)14-12-23/h3-17,20,30-31H,18-19H2,1-2H3. The Bertz CT molecular complexity index is 1070. The number of hydrogen-bond acceptors (Lipinski definition) is 3. The number of halogens is 1. The average Bonchev–Trinajstić information content (AvgIpc) is 2.79. The predicted octanol–water partition coefficient (Wildman–Crippen LogP) is 5.06. The van der Waals surface area contributed by atoms with Gasteiger partial charge in [0.15, 0.2) is 0 Å². The molecule has 0 aliphatic heterocycles. The fourth-order valence-electron chi connectivity index (χ4n) is 3.18. The van der Waals surface area contributed by atoms with Crippen molar-refractivity contribution in [2.45, 2.75) is 32.5 Å². The molecule has 0 unspecified atom stereocenters. The van der Waals surface area contributed by atoms with Gasteiger partial charge in [-0.05, 0) is 46.7 Å². The third-order valence-electron chi connectivity index (χ3n) is 5.29. The summed E-state index contributed by atoms with van der Waals surface area (Å²) in [5, 5.41) is 0. The first-order valence-electron chi connectivity index (χ1n) is 10.6. The molecule has 0 saturated heterocycles. The van der Waals surface area contributed by atoms with Crippen LogP contribution < -0.4 is 0 Å². The van der Waals surface area contributed by atoms with E-state index < -0.39 is 8.56 Å². The molecule has 0 atom stereocenters. The summed E-state index contributed by atoms with van der Waals surface area (Å²) >= 11 is 0. The highest BCUT2D eigenvalue weighted by molar-refractivity contribution is 6.72. The van der Waals surface area contributed by atoms with Crippen LogP contribution in [0.4, 0.5) is 4.39 Å². The molecule has 0 saturated carbocycles. The van der Waals surface area contributed by atoms with Gasteiger partial charge in [-0.2, -0.15) is 0 Å². The summed E-state index contributed by atoms with van der Waals surface area (Å²) in [6, 6.07) is 22.9. The minimum atomic E-state index is -3.44. The fourth-order valence-corrected chi connectivity index (χ4v) is 4.01. The molecule has 4 nitrogen and oxygen atoms in total. The molecule has 0 bridgehead atoms. The lowest BCUT2D eigenvalue weighted by atomic mass is 10.1. The average molecular weight is 450 g/mol. The van der Waals surface area contributed by atoms with Crippen molar-refractivity contribution >= 4 is 20.5 Å². The first-order chi connectivity index (χ1) is 15.2. The highest BCUT2D eigenvalue weighted by atomic mass is 28.4. The zero-order chi connectivity index (χ0) is 23.1. The Hall–Kier alpha value is -3.06. The molecule has 0 fully saturated rings. The number of nitrogens with zero attached hydrogens (tertiary/aromatic N) is 1. The van der Waals surface area contributed by atoms with Crippen LogP contribution in [0.5, 0.6) is 0 Å². The third kappa shape index (κ3) is 6.47. The number of carbonyl (C=O) groups excluding carboxylic acids is 1. The number of rotatable bonds is 8. The largest absolute Gasteiger partial charge is 0.408 e. The Labute approximate surface area is 189 Å². The highest BCUT2D eigenvalue weighted by Gasteiger charge is 2.30. The molecule has 3 aromatic carbocycles. The molecule has 166 valence electrons. The molecule has 0 heterocycles. The van der Waals surface area contributed by atoms with E-state index in [9.17, 15) is 18.8 Å². The molecule has 0 spiro atoms. The second-order valence-electron chi connectivity index (χ2n) is 8.17. The molecule has 1 amide bonds. The first-order valence-corrected chi connectivity index (χ1v) is 12.6. The summed E-state index contributed by atoms with van der Waals surface area (Å²) in [7, 11) is -3.44. The normalized spacial score (nSPS) is 11.8. The van der Waals surface area contributed by atoms with Gasteiger partial charge in [0.1, 0.15) is 5.82 Å². The maximum atomic E-state index is 13.4. The van der Waals surface area contributed by atoms with Crippen molar-refractivity contribution in [3.63, 3.8) is 0 Å². The van der Waals surface area contributed by atoms with E-state index in [1.54, 1.807) is 55.2 Å². The van der Waals surface area contributed by atoms with Gasteiger partial charge in [0, 0.05) is 24.2 Å². The molecule has 2 N–H and O–H groups in total. The quantitative estimate of drug-likeness (QED) is 0.473. The van der Waals surface area contributed by atoms with Crippen molar-refractivity contribution in [2.75, 3.05) is 0 Å². The van der Waals surface area contributed by atoms with Gasteiger partial charge in [-0.3, -0.25) is 4.79 Å². The Morgan fingerprint density at radius 1 is 0.938 bits per heavy atom. The first kappa shape index (κ1) is 23.6. The number of hydrogen-bond donors (Lipinski definition) is 2. The fraction of sp³-hybridized carbons (Fsp3) is 0.192. The third-order valence-corrected chi connectivity index (χ3v) is 7.65. The smallest absolute Gasteiger partial charge is 0.362 e. The maximum Gasteiger partial charge on any atom is 0.362 e. The minimum absolute atomic E-state index is 0.159. The predicted molar refractivity (Wildman–Crippen MR) is 127 cm³/mol. The van der Waals surface area contributed by atoms with Crippen LogP contribution >= 0.6 is 0 Å². The number of amides is 1. The van der Waals surface area contributed by atoms with Crippen LogP contribution in [-0.4, -0.2) is 29.0 Å². The van der Waals surface area contributed by atoms with Gasteiger partial charge in [-0.1, -0.05) is 74.5 Å². The lowest BCUT2D eigenvalue weighted by Crippen LogP contribution is -2.35. The Balaban J connectivity index is 1.86. The topological polar surface area (TPSA) is 60.8 Å². The highest BCUT2D eigenvalue weighted by Crippen LogP contribution is 2.19. The molecule has 6 heteroatoms. The summed E-state index contributed by atoms with van der Waals surface area (Å²) in [6.07, 6.45) is 1.66.